The van der Waals surface area contributed by atoms with Gasteiger partial charge in [0.2, 0.25) is 5.91 Å². The molecule has 4 heterocycles. The predicted octanol–water partition coefficient (Wildman–Crippen LogP) is 6.51. The molecule has 2 aromatic carbocycles. The number of amides is 1. The molecule has 1 N–H and O–H groups in total. The number of H-pyrrole nitrogens is 1. The molecule has 226 valence electrons. The third-order valence-corrected chi connectivity index (χ3v) is 9.13. The molecule has 0 unspecified atom stereocenters. The lowest BCUT2D eigenvalue weighted by Crippen LogP contribution is -2.44. The Balaban J connectivity index is 1.54. The molecule has 1 amide bonds. The number of benzene rings is 2. The zero-order valence-corrected chi connectivity index (χ0v) is 26.8. The number of likely N-dealkylation sites (N-methyl/N-ethyl adjacent to an activating group) is 2. The smallest absolute Gasteiger partial charge is 0.250 e. The van der Waals surface area contributed by atoms with Gasteiger partial charge in [-0.1, -0.05) is 30.3 Å². The molecule has 1 aliphatic rings. The van der Waals surface area contributed by atoms with E-state index < -0.39 is 0 Å². The number of hydrogen-bond acceptors (Lipinski definition) is 5. The summed E-state index contributed by atoms with van der Waals surface area (Å²) in [5.41, 5.74) is 12.6. The highest BCUT2D eigenvalue weighted by atomic mass is 16.2. The van der Waals surface area contributed by atoms with Crippen molar-refractivity contribution in [2.45, 2.75) is 27.7 Å². The number of nitrogens with zero attached hydrogens (tertiary/aromatic N) is 6. The van der Waals surface area contributed by atoms with Crippen molar-refractivity contribution in [2.24, 2.45) is 7.05 Å². The highest BCUT2D eigenvalue weighted by Crippen LogP contribution is 2.43. The minimum Gasteiger partial charge on any atom is -0.369 e. The molecule has 5 aromatic rings. The van der Waals surface area contributed by atoms with Crippen LogP contribution in [0.25, 0.3) is 44.5 Å². The van der Waals surface area contributed by atoms with Crippen LogP contribution in [-0.2, 0) is 11.8 Å². The van der Waals surface area contributed by atoms with Crippen molar-refractivity contribution >= 4 is 28.3 Å². The van der Waals surface area contributed by atoms with Crippen molar-refractivity contribution in [3.8, 4) is 33.5 Å². The van der Waals surface area contributed by atoms with E-state index in [1.54, 1.807) is 17.1 Å². The molecular formula is C36H41N7O. The summed E-state index contributed by atoms with van der Waals surface area (Å²) in [7, 11) is 5.97. The van der Waals surface area contributed by atoms with Crippen molar-refractivity contribution in [2.75, 3.05) is 50.1 Å². The molecule has 0 saturated carbocycles. The average Bonchev–Trinajstić information content (AvgIpc) is 3.58. The second-order valence-electron chi connectivity index (χ2n) is 11.9. The maximum Gasteiger partial charge on any atom is 0.250 e. The molecule has 3 aromatic heterocycles. The van der Waals surface area contributed by atoms with E-state index in [9.17, 15) is 4.79 Å². The van der Waals surface area contributed by atoms with Crippen molar-refractivity contribution in [1.29, 1.82) is 0 Å². The molecule has 0 atom stereocenters. The summed E-state index contributed by atoms with van der Waals surface area (Å²) in [5, 5.41) is 5.57. The van der Waals surface area contributed by atoms with E-state index in [0.29, 0.717) is 0 Å². The molecule has 1 saturated heterocycles. The second kappa shape index (κ2) is 11.8. The molecule has 44 heavy (non-hydrogen) atoms. The number of aromatic amines is 1. The summed E-state index contributed by atoms with van der Waals surface area (Å²) in [5.74, 6) is -0.0569. The van der Waals surface area contributed by atoms with Gasteiger partial charge in [0.15, 0.2) is 0 Å². The summed E-state index contributed by atoms with van der Waals surface area (Å²) in [4.78, 5) is 28.0. The van der Waals surface area contributed by atoms with Gasteiger partial charge >= 0.3 is 0 Å². The zero-order valence-electron chi connectivity index (χ0n) is 26.8. The van der Waals surface area contributed by atoms with Crippen molar-refractivity contribution in [1.82, 2.24) is 24.6 Å². The Kier molecular flexibility index (Phi) is 7.86. The molecule has 6 rings (SSSR count). The lowest BCUT2D eigenvalue weighted by molar-refractivity contribution is -0.113. The summed E-state index contributed by atoms with van der Waals surface area (Å²) in [6.07, 6.45) is 7.24. The molecule has 0 bridgehead atoms. The molecule has 1 aliphatic heterocycles. The number of pyridine rings is 1. The third-order valence-electron chi connectivity index (χ3n) is 9.13. The number of allylic oxidation sites excluding steroid dienone is 1. The first-order valence-electron chi connectivity index (χ1n) is 15.2. The van der Waals surface area contributed by atoms with E-state index in [-0.39, 0.29) is 5.91 Å². The number of fused-ring (bicyclic) bond motifs is 1. The minimum atomic E-state index is -0.0569. The maximum absolute atomic E-state index is 12.9. The van der Waals surface area contributed by atoms with Crippen LogP contribution in [0.2, 0.25) is 0 Å². The van der Waals surface area contributed by atoms with Gasteiger partial charge in [-0.15, -0.1) is 0 Å². The zero-order chi connectivity index (χ0) is 31.1. The highest BCUT2D eigenvalue weighted by molar-refractivity contribution is 6.07. The summed E-state index contributed by atoms with van der Waals surface area (Å²) >= 11 is 0. The molecule has 8 nitrogen and oxygen atoms in total. The van der Waals surface area contributed by atoms with Crippen molar-refractivity contribution in [3.63, 3.8) is 0 Å². The van der Waals surface area contributed by atoms with Gasteiger partial charge in [0, 0.05) is 85.6 Å². The Morgan fingerprint density at radius 2 is 1.64 bits per heavy atom. The summed E-state index contributed by atoms with van der Waals surface area (Å²) in [6.45, 7) is 12.3. The Hall–Kier alpha value is -4.69. The Morgan fingerprint density at radius 3 is 2.30 bits per heavy atom. The standard InChI is InChI=1S/C36H41N7O/c1-8-9-32(44)41(6)31-20-27(11-10-23(31)2)34-33-24(3)29(30-22-38-42(7)25(30)4)21-37-36(33)39-35(34)26-12-14-28(15-13-26)43-18-16-40(5)17-19-43/h8-15,20-22H,16-19H2,1-7H3,(H,37,39). The van der Waals surface area contributed by atoms with E-state index in [0.717, 1.165) is 93.2 Å². The van der Waals surface area contributed by atoms with E-state index >= 15 is 0 Å². The Labute approximate surface area is 259 Å². The van der Waals surface area contributed by atoms with Crippen LogP contribution in [0.15, 0.2) is 67.0 Å². The first-order chi connectivity index (χ1) is 21.2. The van der Waals surface area contributed by atoms with Crippen LogP contribution in [0.4, 0.5) is 11.4 Å². The number of carbonyl (C=O) groups excluding carboxylic acids is 1. The van der Waals surface area contributed by atoms with Gasteiger partial charge in [-0.05, 0) is 81.3 Å². The maximum atomic E-state index is 12.9. The van der Waals surface area contributed by atoms with Crippen molar-refractivity contribution in [3.05, 3.63) is 83.8 Å². The second-order valence-corrected chi connectivity index (χ2v) is 11.9. The monoisotopic (exact) mass is 587 g/mol. The number of anilines is 2. The first-order valence-corrected chi connectivity index (χ1v) is 15.2. The van der Waals surface area contributed by atoms with Crippen LogP contribution in [0.3, 0.4) is 0 Å². The van der Waals surface area contributed by atoms with E-state index in [1.807, 2.05) is 45.0 Å². The van der Waals surface area contributed by atoms with Crippen LogP contribution < -0.4 is 9.80 Å². The van der Waals surface area contributed by atoms with E-state index in [4.69, 9.17) is 4.98 Å². The molecular weight excluding hydrogens is 546 g/mol. The summed E-state index contributed by atoms with van der Waals surface area (Å²) in [6, 6.07) is 15.2. The number of hydrogen-bond donors (Lipinski definition) is 1. The fourth-order valence-corrected chi connectivity index (χ4v) is 6.25. The number of aromatic nitrogens is 4. The first kappa shape index (κ1) is 29.4. The lowest BCUT2D eigenvalue weighted by atomic mass is 9.93. The molecule has 8 heteroatoms. The Morgan fingerprint density at radius 1 is 0.932 bits per heavy atom. The summed E-state index contributed by atoms with van der Waals surface area (Å²) < 4.78 is 1.90. The highest BCUT2D eigenvalue weighted by Gasteiger charge is 2.23. The number of aryl methyl sites for hydroxylation is 3. The van der Waals surface area contributed by atoms with Gasteiger partial charge in [-0.25, -0.2) is 4.98 Å². The fourth-order valence-electron chi connectivity index (χ4n) is 6.25. The third kappa shape index (κ3) is 5.19. The molecule has 0 spiro atoms. The van der Waals surface area contributed by atoms with Crippen LogP contribution in [0.1, 0.15) is 23.7 Å². The Bertz CT molecular complexity index is 1870. The van der Waals surface area contributed by atoms with Gasteiger partial charge in [0.05, 0.1) is 11.9 Å². The predicted molar refractivity (Wildman–Crippen MR) is 181 cm³/mol. The van der Waals surface area contributed by atoms with Crippen LogP contribution >= 0.6 is 0 Å². The molecule has 0 aliphatic carbocycles. The molecule has 1 fully saturated rings. The van der Waals surface area contributed by atoms with Crippen LogP contribution in [-0.4, -0.2) is 70.8 Å². The largest absolute Gasteiger partial charge is 0.369 e. The minimum absolute atomic E-state index is 0.0569. The van der Waals surface area contributed by atoms with Gasteiger partial charge in [0.25, 0.3) is 0 Å². The lowest BCUT2D eigenvalue weighted by Gasteiger charge is -2.34. The number of nitrogens with one attached hydrogen (secondary N) is 1. The SMILES string of the molecule is CC=CC(=O)N(C)c1cc(-c2c(-c3ccc(N4CCN(C)CC4)cc3)[nH]c3ncc(-c4cnn(C)c4C)c(C)c23)ccc1C. The normalized spacial score (nSPS) is 14.2. The van der Waals surface area contributed by atoms with Crippen LogP contribution in [0.5, 0.6) is 0 Å². The average molecular weight is 588 g/mol. The number of rotatable bonds is 6. The number of carbonyl (C=O) groups is 1. The van der Waals surface area contributed by atoms with Gasteiger partial charge in [0.1, 0.15) is 5.65 Å². The van der Waals surface area contributed by atoms with Crippen LogP contribution in [0, 0.1) is 20.8 Å². The van der Waals surface area contributed by atoms with E-state index in [1.165, 1.54) is 5.69 Å². The topological polar surface area (TPSA) is 73.3 Å². The van der Waals surface area contributed by atoms with E-state index in [2.05, 4.69) is 83.2 Å². The molecule has 0 radical (unpaired) electrons. The van der Waals surface area contributed by atoms with Crippen molar-refractivity contribution < 1.29 is 4.79 Å². The van der Waals surface area contributed by atoms with Gasteiger partial charge in [-0.2, -0.15) is 5.10 Å². The van der Waals surface area contributed by atoms with Gasteiger partial charge < -0.3 is 19.7 Å². The van der Waals surface area contributed by atoms with Gasteiger partial charge in [-0.3, -0.25) is 9.48 Å². The quantitative estimate of drug-likeness (QED) is 0.229. The number of piperazine rings is 1. The fraction of sp³-hybridized carbons (Fsp3) is 0.306.